The molecule has 0 atom stereocenters. The quantitative estimate of drug-likeness (QED) is 0.780. The van der Waals surface area contributed by atoms with Gasteiger partial charge in [0.2, 0.25) is 5.91 Å². The molecule has 0 spiro atoms. The molecule has 1 aliphatic carbocycles. The van der Waals surface area contributed by atoms with Gasteiger partial charge in [0.15, 0.2) is 0 Å². The Balaban J connectivity index is 1.86. The van der Waals surface area contributed by atoms with Gasteiger partial charge in [-0.3, -0.25) is 4.79 Å². The number of hydrogen-bond acceptors (Lipinski definition) is 3. The Morgan fingerprint density at radius 1 is 1.38 bits per heavy atom. The van der Waals surface area contributed by atoms with Crippen LogP contribution in [0.15, 0.2) is 23.1 Å². The molecular weight excluding hydrogens is 220 g/mol. The van der Waals surface area contributed by atoms with Crippen LogP contribution in [0.25, 0.3) is 0 Å². The lowest BCUT2D eigenvalue weighted by Crippen LogP contribution is -2.34. The van der Waals surface area contributed by atoms with Crippen LogP contribution >= 0.6 is 11.8 Å². The van der Waals surface area contributed by atoms with Crippen molar-refractivity contribution in [3.8, 4) is 0 Å². The van der Waals surface area contributed by atoms with Crippen molar-refractivity contribution >= 4 is 23.4 Å². The highest BCUT2D eigenvalue weighted by molar-refractivity contribution is 8.00. The maximum absolute atomic E-state index is 11.3. The highest BCUT2D eigenvalue weighted by Gasteiger charge is 2.28. The Labute approximate surface area is 98.8 Å². The minimum atomic E-state index is 0.0972. The van der Waals surface area contributed by atoms with Crippen molar-refractivity contribution in [1.29, 1.82) is 0 Å². The van der Waals surface area contributed by atoms with E-state index in [4.69, 9.17) is 5.73 Å². The number of nitrogens with one attached hydrogen (secondary N) is 1. The molecule has 1 aromatic rings. The second-order valence-corrected chi connectivity index (χ2v) is 5.54. The van der Waals surface area contributed by atoms with Gasteiger partial charge in [0.25, 0.3) is 0 Å². The number of amides is 1. The minimum absolute atomic E-state index is 0.0972. The number of fused-ring (bicyclic) bond motifs is 1. The Hall–Kier alpha value is -1.000. The van der Waals surface area contributed by atoms with E-state index < -0.39 is 0 Å². The van der Waals surface area contributed by atoms with Gasteiger partial charge in [0, 0.05) is 10.9 Å². The molecule has 84 valence electrons. The van der Waals surface area contributed by atoms with Gasteiger partial charge in [-0.1, -0.05) is 6.07 Å². The number of hydrogen-bond donors (Lipinski definition) is 2. The summed E-state index contributed by atoms with van der Waals surface area (Å²) >= 11 is 1.61. The van der Waals surface area contributed by atoms with Crippen molar-refractivity contribution in [1.82, 2.24) is 0 Å². The van der Waals surface area contributed by atoms with E-state index in [0.29, 0.717) is 17.7 Å². The molecule has 3 nitrogen and oxygen atoms in total. The zero-order valence-electron chi connectivity index (χ0n) is 8.90. The van der Waals surface area contributed by atoms with Crippen molar-refractivity contribution in [2.45, 2.75) is 29.7 Å². The number of carbonyl (C=O) groups excluding carboxylic acids is 1. The Morgan fingerprint density at radius 2 is 2.19 bits per heavy atom. The largest absolute Gasteiger partial charge is 0.328 e. The molecule has 1 heterocycles. The Bertz CT molecular complexity index is 441. The van der Waals surface area contributed by atoms with Crippen LogP contribution in [0, 0.1) is 0 Å². The number of nitrogens with two attached hydrogens (primary N) is 1. The summed E-state index contributed by atoms with van der Waals surface area (Å²) in [7, 11) is 0. The van der Waals surface area contributed by atoms with Crippen molar-refractivity contribution < 1.29 is 4.79 Å². The average Bonchev–Trinajstić information content (AvgIpc) is 2.24. The lowest BCUT2D eigenvalue weighted by Gasteiger charge is -2.33. The first kappa shape index (κ1) is 10.2. The molecule has 1 aliphatic heterocycles. The molecule has 2 aliphatic rings. The van der Waals surface area contributed by atoms with Gasteiger partial charge < -0.3 is 11.1 Å². The monoisotopic (exact) mass is 234 g/mol. The fraction of sp³-hybridized carbons (Fsp3) is 0.417. The van der Waals surface area contributed by atoms with E-state index >= 15 is 0 Å². The van der Waals surface area contributed by atoms with Gasteiger partial charge >= 0.3 is 0 Å². The van der Waals surface area contributed by atoms with Crippen LogP contribution in [-0.2, 0) is 4.79 Å². The molecule has 1 saturated carbocycles. The molecular formula is C12H14N2OS. The second kappa shape index (κ2) is 3.79. The molecule has 1 amide bonds. The van der Waals surface area contributed by atoms with E-state index in [1.165, 1.54) is 10.5 Å². The standard InChI is InChI=1S/C12H14N2OS/c13-9-3-8(4-9)7-1-2-11-10(5-7)14-12(15)6-16-11/h1-2,5,8-9H,3-4,6,13H2,(H,14,15). The normalized spacial score (nSPS) is 27.9. The predicted octanol–water partition coefficient (Wildman–Crippen LogP) is 1.94. The van der Waals surface area contributed by atoms with Crippen molar-refractivity contribution in [2.24, 2.45) is 5.73 Å². The summed E-state index contributed by atoms with van der Waals surface area (Å²) in [4.78, 5) is 12.5. The number of carbonyl (C=O) groups is 1. The number of thioether (sulfide) groups is 1. The van der Waals surface area contributed by atoms with E-state index in [-0.39, 0.29) is 5.91 Å². The highest BCUT2D eigenvalue weighted by Crippen LogP contribution is 2.39. The van der Waals surface area contributed by atoms with Gasteiger partial charge in [-0.15, -0.1) is 11.8 Å². The summed E-state index contributed by atoms with van der Waals surface area (Å²) in [6.45, 7) is 0. The maximum atomic E-state index is 11.3. The van der Waals surface area contributed by atoms with Crippen LogP contribution in [0.1, 0.15) is 24.3 Å². The molecule has 1 fully saturated rings. The third-order valence-corrected chi connectivity index (χ3v) is 4.36. The molecule has 0 aromatic heterocycles. The molecule has 0 saturated heterocycles. The summed E-state index contributed by atoms with van der Waals surface area (Å²) in [5.74, 6) is 1.21. The smallest absolute Gasteiger partial charge is 0.234 e. The molecule has 0 bridgehead atoms. The highest BCUT2D eigenvalue weighted by atomic mass is 32.2. The number of rotatable bonds is 1. The van der Waals surface area contributed by atoms with Crippen LogP contribution in [0.3, 0.4) is 0 Å². The Kier molecular flexibility index (Phi) is 2.41. The number of anilines is 1. The average molecular weight is 234 g/mol. The van der Waals surface area contributed by atoms with Gasteiger partial charge in [0.05, 0.1) is 11.4 Å². The van der Waals surface area contributed by atoms with Crippen LogP contribution in [0.5, 0.6) is 0 Å². The fourth-order valence-corrected chi connectivity index (χ4v) is 3.08. The SMILES string of the molecule is NC1CC(c2ccc3c(c2)NC(=O)CS3)C1. The predicted molar refractivity (Wildman–Crippen MR) is 65.7 cm³/mol. The number of benzene rings is 1. The van der Waals surface area contributed by atoms with Crippen LogP contribution in [0.2, 0.25) is 0 Å². The fourth-order valence-electron chi connectivity index (χ4n) is 2.29. The first-order chi connectivity index (χ1) is 7.72. The topological polar surface area (TPSA) is 55.1 Å². The van der Waals surface area contributed by atoms with Gasteiger partial charge in [-0.25, -0.2) is 0 Å². The van der Waals surface area contributed by atoms with Gasteiger partial charge in [-0.2, -0.15) is 0 Å². The third-order valence-electron chi connectivity index (χ3n) is 3.28. The first-order valence-electron chi connectivity index (χ1n) is 5.54. The molecule has 0 unspecified atom stereocenters. The minimum Gasteiger partial charge on any atom is -0.328 e. The van der Waals surface area contributed by atoms with Gasteiger partial charge in [-0.05, 0) is 36.5 Å². The maximum Gasteiger partial charge on any atom is 0.234 e. The first-order valence-corrected chi connectivity index (χ1v) is 6.53. The van der Waals surface area contributed by atoms with E-state index in [0.717, 1.165) is 18.5 Å². The van der Waals surface area contributed by atoms with E-state index in [1.54, 1.807) is 11.8 Å². The van der Waals surface area contributed by atoms with Crippen LogP contribution in [0.4, 0.5) is 5.69 Å². The summed E-state index contributed by atoms with van der Waals surface area (Å²) < 4.78 is 0. The summed E-state index contributed by atoms with van der Waals surface area (Å²) in [5.41, 5.74) is 8.07. The molecule has 1 aromatic carbocycles. The Morgan fingerprint density at radius 3 is 2.94 bits per heavy atom. The van der Waals surface area contributed by atoms with E-state index in [2.05, 4.69) is 23.5 Å². The summed E-state index contributed by atoms with van der Waals surface area (Å²) in [6, 6.07) is 6.75. The lowest BCUT2D eigenvalue weighted by atomic mass is 9.76. The summed E-state index contributed by atoms with van der Waals surface area (Å²) in [6.07, 6.45) is 2.14. The van der Waals surface area contributed by atoms with E-state index in [9.17, 15) is 4.79 Å². The van der Waals surface area contributed by atoms with E-state index in [1.807, 2.05) is 0 Å². The lowest BCUT2D eigenvalue weighted by molar-refractivity contribution is -0.113. The van der Waals surface area contributed by atoms with Gasteiger partial charge in [0.1, 0.15) is 0 Å². The third kappa shape index (κ3) is 1.72. The van der Waals surface area contributed by atoms with Crippen molar-refractivity contribution in [2.75, 3.05) is 11.1 Å². The molecule has 4 heteroatoms. The summed E-state index contributed by atoms with van der Waals surface area (Å²) in [5, 5.41) is 2.92. The molecule has 16 heavy (non-hydrogen) atoms. The van der Waals surface area contributed by atoms with Crippen LogP contribution < -0.4 is 11.1 Å². The zero-order chi connectivity index (χ0) is 11.1. The van der Waals surface area contributed by atoms with Crippen LogP contribution in [-0.4, -0.2) is 17.7 Å². The second-order valence-electron chi connectivity index (χ2n) is 4.52. The molecule has 0 radical (unpaired) electrons. The zero-order valence-corrected chi connectivity index (χ0v) is 9.72. The molecule has 3 rings (SSSR count). The van der Waals surface area contributed by atoms with Crippen molar-refractivity contribution in [3.63, 3.8) is 0 Å². The molecule has 3 N–H and O–H groups in total. The van der Waals surface area contributed by atoms with Crippen molar-refractivity contribution in [3.05, 3.63) is 23.8 Å².